The van der Waals surface area contributed by atoms with Crippen molar-refractivity contribution in [1.82, 2.24) is 4.90 Å². The van der Waals surface area contributed by atoms with Crippen molar-refractivity contribution in [3.05, 3.63) is 34.6 Å². The molecule has 1 fully saturated rings. The molecule has 0 saturated carbocycles. The summed E-state index contributed by atoms with van der Waals surface area (Å²) in [5.74, 6) is -0.376. The summed E-state index contributed by atoms with van der Waals surface area (Å²) < 4.78 is 13.2. The third kappa shape index (κ3) is 2.96. The van der Waals surface area contributed by atoms with E-state index in [4.69, 9.17) is 16.8 Å². The van der Waals surface area contributed by atoms with Crippen LogP contribution in [0.15, 0.2) is 23.4 Å². The van der Waals surface area contributed by atoms with E-state index in [9.17, 15) is 4.39 Å². The second kappa shape index (κ2) is 5.47. The van der Waals surface area contributed by atoms with E-state index in [-0.39, 0.29) is 10.8 Å². The van der Waals surface area contributed by atoms with Gasteiger partial charge in [-0.1, -0.05) is 28.9 Å². The van der Waals surface area contributed by atoms with E-state index in [0.717, 1.165) is 37.2 Å². The molecule has 1 saturated heterocycles. The maximum absolute atomic E-state index is 13.2. The molecule has 1 aliphatic rings. The average molecular weight is 257 g/mol. The molecule has 17 heavy (non-hydrogen) atoms. The van der Waals surface area contributed by atoms with Crippen molar-refractivity contribution in [3.8, 4) is 0 Å². The van der Waals surface area contributed by atoms with E-state index in [0.29, 0.717) is 6.54 Å². The fourth-order valence-corrected chi connectivity index (χ4v) is 2.17. The molecule has 5 heteroatoms. The molecule has 3 nitrogen and oxygen atoms in total. The minimum atomic E-state index is -0.376. The minimum absolute atomic E-state index is 0.203. The molecule has 0 radical (unpaired) electrons. The van der Waals surface area contributed by atoms with E-state index in [2.05, 4.69) is 10.1 Å². The van der Waals surface area contributed by atoms with Crippen LogP contribution in [0.2, 0.25) is 5.02 Å². The summed E-state index contributed by atoms with van der Waals surface area (Å²) in [4.78, 5) is 2.18. The number of hydrogen-bond acceptors (Lipinski definition) is 3. The van der Waals surface area contributed by atoms with Gasteiger partial charge in [-0.05, 0) is 11.6 Å². The summed E-state index contributed by atoms with van der Waals surface area (Å²) in [6.45, 7) is 2.26. The number of hydrogen-bond donors (Lipinski definition) is 1. The van der Waals surface area contributed by atoms with Crippen molar-refractivity contribution in [3.63, 3.8) is 0 Å². The molecule has 0 bridgehead atoms. The molecule has 1 N–H and O–H groups in total. The molecule has 1 aromatic rings. The van der Waals surface area contributed by atoms with Crippen LogP contribution in [-0.4, -0.2) is 28.9 Å². The molecule has 0 atom stereocenters. The van der Waals surface area contributed by atoms with E-state index < -0.39 is 0 Å². The zero-order chi connectivity index (χ0) is 12.3. The summed E-state index contributed by atoms with van der Waals surface area (Å²) >= 11 is 5.90. The Balaban J connectivity index is 2.00. The zero-order valence-corrected chi connectivity index (χ0v) is 10.1. The molecule has 92 valence electrons. The molecule has 1 aromatic carbocycles. The largest absolute Gasteiger partial charge is 0.411 e. The van der Waals surface area contributed by atoms with Gasteiger partial charge in [0.2, 0.25) is 0 Å². The van der Waals surface area contributed by atoms with Crippen molar-refractivity contribution in [2.45, 2.75) is 19.4 Å². The molecule has 0 aliphatic carbocycles. The van der Waals surface area contributed by atoms with Gasteiger partial charge in [0.15, 0.2) is 0 Å². The topological polar surface area (TPSA) is 35.8 Å². The number of piperidine rings is 1. The lowest BCUT2D eigenvalue weighted by atomic mass is 10.1. The molecule has 0 amide bonds. The van der Waals surface area contributed by atoms with Crippen LogP contribution >= 0.6 is 11.6 Å². The normalized spacial score (nSPS) is 17.2. The quantitative estimate of drug-likeness (QED) is 0.652. The fraction of sp³-hybridized carbons (Fsp3) is 0.417. The van der Waals surface area contributed by atoms with E-state index >= 15 is 0 Å². The lowest BCUT2D eigenvalue weighted by Crippen LogP contribution is -2.33. The molecule has 0 unspecified atom stereocenters. The van der Waals surface area contributed by atoms with E-state index in [1.165, 1.54) is 6.07 Å². The van der Waals surface area contributed by atoms with Crippen LogP contribution < -0.4 is 0 Å². The summed E-state index contributed by atoms with van der Waals surface area (Å²) in [6.07, 6.45) is 1.51. The minimum Gasteiger partial charge on any atom is -0.411 e. The van der Waals surface area contributed by atoms with Gasteiger partial charge in [-0.2, -0.15) is 0 Å². The van der Waals surface area contributed by atoms with Gasteiger partial charge in [0.25, 0.3) is 0 Å². The highest BCUT2D eigenvalue weighted by atomic mass is 35.5. The fourth-order valence-electron chi connectivity index (χ4n) is 1.98. The number of halogens is 2. The van der Waals surface area contributed by atoms with Gasteiger partial charge in [0.1, 0.15) is 5.82 Å². The van der Waals surface area contributed by atoms with Gasteiger partial charge in [-0.25, -0.2) is 4.39 Å². The van der Waals surface area contributed by atoms with Crippen molar-refractivity contribution >= 4 is 17.3 Å². The maximum Gasteiger partial charge on any atom is 0.142 e. The molecule has 0 spiro atoms. The van der Waals surface area contributed by atoms with Gasteiger partial charge < -0.3 is 5.21 Å². The standard InChI is InChI=1S/C12H14ClFN2O/c13-12-9(2-1-3-11(12)14)8-16-6-4-10(15-17)5-7-16/h1-3,17H,4-8H2. The first-order valence-corrected chi connectivity index (χ1v) is 5.93. The summed E-state index contributed by atoms with van der Waals surface area (Å²) in [5, 5.41) is 12.1. The first-order chi connectivity index (χ1) is 8.20. The first kappa shape index (κ1) is 12.3. The summed E-state index contributed by atoms with van der Waals surface area (Å²) in [7, 11) is 0. The smallest absolute Gasteiger partial charge is 0.142 e. The van der Waals surface area contributed by atoms with Crippen molar-refractivity contribution in [1.29, 1.82) is 0 Å². The lowest BCUT2D eigenvalue weighted by Gasteiger charge is -2.27. The SMILES string of the molecule is ON=C1CCN(Cc2cccc(F)c2Cl)CC1. The maximum atomic E-state index is 13.2. The van der Waals surface area contributed by atoms with E-state index in [1.54, 1.807) is 6.07 Å². The van der Waals surface area contributed by atoms with Gasteiger partial charge in [0.05, 0.1) is 10.7 Å². The Hall–Kier alpha value is -1.13. The number of likely N-dealkylation sites (tertiary alicyclic amines) is 1. The van der Waals surface area contributed by atoms with Crippen LogP contribution in [0.1, 0.15) is 18.4 Å². The van der Waals surface area contributed by atoms with Crippen molar-refractivity contribution in [2.75, 3.05) is 13.1 Å². The zero-order valence-electron chi connectivity index (χ0n) is 9.37. The van der Waals surface area contributed by atoms with Gasteiger partial charge in [-0.15, -0.1) is 0 Å². The van der Waals surface area contributed by atoms with Gasteiger partial charge >= 0.3 is 0 Å². The number of nitrogens with zero attached hydrogens (tertiary/aromatic N) is 2. The predicted octanol–water partition coefficient (Wildman–Crippen LogP) is 2.91. The third-order valence-corrected chi connectivity index (χ3v) is 3.42. The third-order valence-electron chi connectivity index (χ3n) is 3.00. The van der Waals surface area contributed by atoms with E-state index in [1.807, 2.05) is 6.07 Å². The predicted molar refractivity (Wildman–Crippen MR) is 65.1 cm³/mol. The van der Waals surface area contributed by atoms with Gasteiger partial charge in [0, 0.05) is 32.5 Å². The van der Waals surface area contributed by atoms with Crippen molar-refractivity contribution < 1.29 is 9.60 Å². The first-order valence-electron chi connectivity index (χ1n) is 5.55. The molecule has 0 aromatic heterocycles. The Morgan fingerprint density at radius 2 is 2.06 bits per heavy atom. The van der Waals surface area contributed by atoms with Crippen LogP contribution in [-0.2, 0) is 6.54 Å². The lowest BCUT2D eigenvalue weighted by molar-refractivity contribution is 0.256. The average Bonchev–Trinajstić information content (AvgIpc) is 2.36. The van der Waals surface area contributed by atoms with Crippen LogP contribution in [0, 0.1) is 5.82 Å². The van der Waals surface area contributed by atoms with Crippen LogP contribution in [0.3, 0.4) is 0 Å². The Kier molecular flexibility index (Phi) is 3.97. The Bertz CT molecular complexity index is 427. The molecule has 1 aliphatic heterocycles. The highest BCUT2D eigenvalue weighted by molar-refractivity contribution is 6.31. The Morgan fingerprint density at radius 1 is 1.35 bits per heavy atom. The Labute approximate surface area is 104 Å². The van der Waals surface area contributed by atoms with Crippen molar-refractivity contribution in [2.24, 2.45) is 5.16 Å². The van der Waals surface area contributed by atoms with Crippen LogP contribution in [0.25, 0.3) is 0 Å². The second-order valence-corrected chi connectivity index (χ2v) is 4.53. The molecule has 2 rings (SSSR count). The summed E-state index contributed by atoms with van der Waals surface area (Å²) in [6, 6.07) is 4.86. The van der Waals surface area contributed by atoms with Crippen LogP contribution in [0.5, 0.6) is 0 Å². The number of benzene rings is 1. The number of oxime groups is 1. The highest BCUT2D eigenvalue weighted by Gasteiger charge is 2.17. The number of rotatable bonds is 2. The second-order valence-electron chi connectivity index (χ2n) is 4.16. The molecular formula is C12H14ClFN2O. The van der Waals surface area contributed by atoms with Crippen LogP contribution in [0.4, 0.5) is 4.39 Å². The highest BCUT2D eigenvalue weighted by Crippen LogP contribution is 2.22. The Morgan fingerprint density at radius 3 is 2.71 bits per heavy atom. The molecule has 1 heterocycles. The monoisotopic (exact) mass is 256 g/mol. The molecular weight excluding hydrogens is 243 g/mol. The summed E-state index contributed by atoms with van der Waals surface area (Å²) in [5.41, 5.74) is 1.63. The van der Waals surface area contributed by atoms with Gasteiger partial charge in [-0.3, -0.25) is 4.90 Å².